The molecule has 4 heteroatoms. The summed E-state index contributed by atoms with van der Waals surface area (Å²) < 4.78 is 19.7. The number of halogens is 2. The smallest absolute Gasteiger partial charge is 0.124 e. The summed E-state index contributed by atoms with van der Waals surface area (Å²) in [5.74, 6) is -0.224. The van der Waals surface area contributed by atoms with E-state index in [4.69, 9.17) is 4.74 Å². The summed E-state index contributed by atoms with van der Waals surface area (Å²) in [5, 5.41) is 3.39. The van der Waals surface area contributed by atoms with E-state index in [1.165, 1.54) is 6.07 Å². The van der Waals surface area contributed by atoms with E-state index in [9.17, 15) is 4.39 Å². The highest BCUT2D eigenvalue weighted by molar-refractivity contribution is 9.10. The van der Waals surface area contributed by atoms with Crippen molar-refractivity contribution >= 4 is 15.9 Å². The lowest BCUT2D eigenvalue weighted by atomic mass is 10.1. The highest BCUT2D eigenvalue weighted by Gasteiger charge is 2.12. The maximum absolute atomic E-state index is 13.4. The molecule has 1 atom stereocenters. The highest BCUT2D eigenvalue weighted by Crippen LogP contribution is 2.21. The van der Waals surface area contributed by atoms with E-state index >= 15 is 0 Å². The lowest BCUT2D eigenvalue weighted by Crippen LogP contribution is -2.26. The fraction of sp³-hybridized carbons (Fsp3) is 0.571. The molecule has 0 aliphatic rings. The van der Waals surface area contributed by atoms with Crippen molar-refractivity contribution in [2.24, 2.45) is 0 Å². The molecular weight excluding hydrogens is 297 g/mol. The van der Waals surface area contributed by atoms with Gasteiger partial charge in [-0.1, -0.05) is 29.8 Å². The molecule has 1 aromatic rings. The third-order valence-electron chi connectivity index (χ3n) is 2.56. The lowest BCUT2D eigenvalue weighted by Gasteiger charge is -2.19. The average Bonchev–Trinajstić information content (AvgIpc) is 2.32. The highest BCUT2D eigenvalue weighted by atomic mass is 79.9. The van der Waals surface area contributed by atoms with Gasteiger partial charge in [0, 0.05) is 11.1 Å². The minimum Gasteiger partial charge on any atom is -0.379 e. The molecule has 1 aromatic carbocycles. The quantitative estimate of drug-likeness (QED) is 0.730. The summed E-state index contributed by atoms with van der Waals surface area (Å²) in [5.41, 5.74) is 0.923. The zero-order chi connectivity index (χ0) is 13.4. The van der Waals surface area contributed by atoms with Gasteiger partial charge in [-0.25, -0.2) is 4.39 Å². The lowest BCUT2D eigenvalue weighted by molar-refractivity contribution is 0.112. The van der Waals surface area contributed by atoms with Crippen LogP contribution in [0, 0.1) is 5.82 Å². The van der Waals surface area contributed by atoms with Crippen LogP contribution in [-0.2, 0) is 4.74 Å². The second-order valence-electron chi connectivity index (χ2n) is 4.28. The summed E-state index contributed by atoms with van der Waals surface area (Å²) in [4.78, 5) is 0. The van der Waals surface area contributed by atoms with Gasteiger partial charge in [0.05, 0.1) is 12.6 Å². The molecule has 0 aliphatic carbocycles. The third kappa shape index (κ3) is 5.46. The molecule has 1 N–H and O–H groups in total. The molecule has 0 saturated heterocycles. The van der Waals surface area contributed by atoms with E-state index in [2.05, 4.69) is 35.1 Å². The molecule has 102 valence electrons. The second kappa shape index (κ2) is 8.62. The molecule has 0 amide bonds. The van der Waals surface area contributed by atoms with Crippen molar-refractivity contribution in [3.05, 3.63) is 34.1 Å². The van der Waals surface area contributed by atoms with Crippen molar-refractivity contribution in [3.8, 4) is 0 Å². The third-order valence-corrected chi connectivity index (χ3v) is 3.02. The van der Waals surface area contributed by atoms with E-state index in [1.807, 2.05) is 6.07 Å². The normalized spacial score (nSPS) is 12.7. The van der Waals surface area contributed by atoms with Gasteiger partial charge in [0.1, 0.15) is 5.82 Å². The molecule has 0 spiro atoms. The first-order valence-electron chi connectivity index (χ1n) is 6.44. The number of hydrogen-bond donors (Lipinski definition) is 1. The Bertz CT molecular complexity index is 339. The van der Waals surface area contributed by atoms with Crippen LogP contribution < -0.4 is 5.32 Å². The van der Waals surface area contributed by atoms with Crippen molar-refractivity contribution in [2.45, 2.75) is 32.7 Å². The molecule has 2 nitrogen and oxygen atoms in total. The number of rotatable bonds is 8. The van der Waals surface area contributed by atoms with Gasteiger partial charge in [0.15, 0.2) is 0 Å². The average molecular weight is 318 g/mol. The summed E-state index contributed by atoms with van der Waals surface area (Å²) >= 11 is 3.32. The van der Waals surface area contributed by atoms with Gasteiger partial charge in [-0.3, -0.25) is 0 Å². The Balaban J connectivity index is 2.72. The zero-order valence-corrected chi connectivity index (χ0v) is 12.6. The first kappa shape index (κ1) is 15.6. The maximum atomic E-state index is 13.4. The molecule has 0 radical (unpaired) electrons. The zero-order valence-electron chi connectivity index (χ0n) is 11.0. The summed E-state index contributed by atoms with van der Waals surface area (Å²) in [6.07, 6.45) is 2.04. The molecule has 0 heterocycles. The van der Waals surface area contributed by atoms with E-state index < -0.39 is 0 Å². The summed E-state index contributed by atoms with van der Waals surface area (Å²) in [6.45, 7) is 6.39. The standard InChI is InChI=1S/C14H21BrFNO/c1-3-5-17-14(10-18-6-4-2)11-7-12(15)9-13(16)8-11/h7-9,14,17H,3-6,10H2,1-2H3. The van der Waals surface area contributed by atoms with Crippen LogP contribution in [0.15, 0.2) is 22.7 Å². The minimum absolute atomic E-state index is 0.0449. The SMILES string of the molecule is CCCNC(COCCC)c1cc(F)cc(Br)c1. The van der Waals surface area contributed by atoms with Crippen LogP contribution in [-0.4, -0.2) is 19.8 Å². The first-order valence-corrected chi connectivity index (χ1v) is 7.23. The number of ether oxygens (including phenoxy) is 1. The molecule has 0 fully saturated rings. The molecule has 18 heavy (non-hydrogen) atoms. The van der Waals surface area contributed by atoms with Crippen molar-refractivity contribution in [2.75, 3.05) is 19.8 Å². The maximum Gasteiger partial charge on any atom is 0.124 e. The Hall–Kier alpha value is -0.450. The van der Waals surface area contributed by atoms with Crippen molar-refractivity contribution < 1.29 is 9.13 Å². The molecular formula is C14H21BrFNO. The Morgan fingerprint density at radius 1 is 1.28 bits per heavy atom. The van der Waals surface area contributed by atoms with Gasteiger partial charge < -0.3 is 10.1 Å². The van der Waals surface area contributed by atoms with Crippen molar-refractivity contribution in [1.29, 1.82) is 0 Å². The predicted molar refractivity (Wildman–Crippen MR) is 76.2 cm³/mol. The Labute approximate surface area is 117 Å². The Morgan fingerprint density at radius 3 is 2.67 bits per heavy atom. The van der Waals surface area contributed by atoms with Gasteiger partial charge in [0.2, 0.25) is 0 Å². The molecule has 1 rings (SSSR count). The van der Waals surface area contributed by atoms with Crippen LogP contribution in [0.3, 0.4) is 0 Å². The van der Waals surface area contributed by atoms with Gasteiger partial charge in [-0.15, -0.1) is 0 Å². The largest absolute Gasteiger partial charge is 0.379 e. The molecule has 0 aromatic heterocycles. The van der Waals surface area contributed by atoms with Crippen LogP contribution in [0.25, 0.3) is 0 Å². The van der Waals surface area contributed by atoms with E-state index in [0.29, 0.717) is 6.61 Å². The van der Waals surface area contributed by atoms with E-state index in [0.717, 1.165) is 36.0 Å². The molecule has 0 bridgehead atoms. The van der Waals surface area contributed by atoms with Crippen LogP contribution >= 0.6 is 15.9 Å². The van der Waals surface area contributed by atoms with Crippen LogP contribution in [0.5, 0.6) is 0 Å². The first-order chi connectivity index (χ1) is 8.67. The number of hydrogen-bond acceptors (Lipinski definition) is 2. The van der Waals surface area contributed by atoms with Gasteiger partial charge in [0.25, 0.3) is 0 Å². The topological polar surface area (TPSA) is 21.3 Å². The van der Waals surface area contributed by atoms with Crippen LogP contribution in [0.4, 0.5) is 4.39 Å². The van der Waals surface area contributed by atoms with E-state index in [1.54, 1.807) is 6.07 Å². The van der Waals surface area contributed by atoms with Crippen LogP contribution in [0.1, 0.15) is 38.3 Å². The van der Waals surface area contributed by atoms with Gasteiger partial charge in [-0.2, -0.15) is 0 Å². The minimum atomic E-state index is -0.224. The Kier molecular flexibility index (Phi) is 7.47. The summed E-state index contributed by atoms with van der Waals surface area (Å²) in [6, 6.07) is 5.01. The van der Waals surface area contributed by atoms with Crippen molar-refractivity contribution in [1.82, 2.24) is 5.32 Å². The van der Waals surface area contributed by atoms with E-state index in [-0.39, 0.29) is 11.9 Å². The molecule has 1 unspecified atom stereocenters. The van der Waals surface area contributed by atoms with Crippen LogP contribution in [0.2, 0.25) is 0 Å². The molecule has 0 aliphatic heterocycles. The second-order valence-corrected chi connectivity index (χ2v) is 5.20. The van der Waals surface area contributed by atoms with Crippen molar-refractivity contribution in [3.63, 3.8) is 0 Å². The fourth-order valence-corrected chi connectivity index (χ4v) is 2.20. The fourth-order valence-electron chi connectivity index (χ4n) is 1.71. The monoisotopic (exact) mass is 317 g/mol. The number of benzene rings is 1. The summed E-state index contributed by atoms with van der Waals surface area (Å²) in [7, 11) is 0. The Morgan fingerprint density at radius 2 is 2.06 bits per heavy atom. The predicted octanol–water partition coefficient (Wildman–Crippen LogP) is 4.06. The van der Waals surface area contributed by atoms with Gasteiger partial charge >= 0.3 is 0 Å². The molecule has 0 saturated carbocycles. The number of nitrogens with one attached hydrogen (secondary N) is 1. The van der Waals surface area contributed by atoms with Gasteiger partial charge in [-0.05, 0) is 43.1 Å².